The van der Waals surface area contributed by atoms with Crippen molar-refractivity contribution in [1.82, 2.24) is 13.9 Å². The lowest BCUT2D eigenvalue weighted by Gasteiger charge is -2.08. The number of benzene rings is 3. The average Bonchev–Trinajstić information content (AvgIpc) is 3.34. The summed E-state index contributed by atoms with van der Waals surface area (Å²) in [5.74, 6) is 0. The molecule has 3 aromatic carbocycles. The summed E-state index contributed by atoms with van der Waals surface area (Å²) in [7, 11) is 1.92. The van der Waals surface area contributed by atoms with E-state index in [2.05, 4.69) is 24.4 Å². The molecule has 2 heterocycles. The molecule has 0 N–H and O–H groups in total. The van der Waals surface area contributed by atoms with E-state index < -0.39 is 0 Å². The largest absolute Gasteiger partial charge is 0.296 e. The molecule has 5 nitrogen and oxygen atoms in total. The topological polar surface area (TPSA) is 44.2 Å². The Morgan fingerprint density at radius 2 is 1.45 bits per heavy atom. The van der Waals surface area contributed by atoms with Gasteiger partial charge in [0.05, 0.1) is 22.8 Å². The van der Waals surface area contributed by atoms with Crippen LogP contribution in [0.5, 0.6) is 0 Å². The van der Waals surface area contributed by atoms with Crippen LogP contribution in [0.3, 0.4) is 0 Å². The standard InChI is InChI=1S/C27H24N4OS/c1-19-14-16-22(17-15-19)28-27-30(24(18-33-27)21-10-6-4-7-11-21)25-20(2)29(3)31(26(25)32)23-12-8-5-9-13-23/h4-18H,1-3H3. The minimum Gasteiger partial charge on any atom is -0.283 e. The Hall–Kier alpha value is -3.90. The third kappa shape index (κ3) is 3.79. The van der Waals surface area contributed by atoms with Gasteiger partial charge in [-0.05, 0) is 43.7 Å². The molecule has 0 spiro atoms. The van der Waals surface area contributed by atoms with Crippen LogP contribution < -0.4 is 10.4 Å². The predicted octanol–water partition coefficient (Wildman–Crippen LogP) is 5.54. The van der Waals surface area contributed by atoms with Crippen LogP contribution in [-0.4, -0.2) is 13.9 Å². The summed E-state index contributed by atoms with van der Waals surface area (Å²) in [6.07, 6.45) is 0. The van der Waals surface area contributed by atoms with Gasteiger partial charge in [0, 0.05) is 12.4 Å². The van der Waals surface area contributed by atoms with Crippen molar-refractivity contribution in [2.45, 2.75) is 13.8 Å². The zero-order valence-electron chi connectivity index (χ0n) is 18.8. The van der Waals surface area contributed by atoms with E-state index in [9.17, 15) is 4.79 Å². The van der Waals surface area contributed by atoms with Crippen molar-refractivity contribution in [2.24, 2.45) is 12.0 Å². The van der Waals surface area contributed by atoms with Crippen molar-refractivity contribution in [3.8, 4) is 22.6 Å². The summed E-state index contributed by atoms with van der Waals surface area (Å²) in [5, 5.41) is 2.07. The highest BCUT2D eigenvalue weighted by atomic mass is 32.1. The number of nitrogens with zero attached hydrogens (tertiary/aromatic N) is 4. The maximum absolute atomic E-state index is 13.8. The Morgan fingerprint density at radius 3 is 2.12 bits per heavy atom. The lowest BCUT2D eigenvalue weighted by Crippen LogP contribution is -2.24. The smallest absolute Gasteiger partial charge is 0.283 e. The first kappa shape index (κ1) is 21.0. The maximum atomic E-state index is 13.8. The maximum Gasteiger partial charge on any atom is 0.296 e. The molecule has 0 saturated heterocycles. The van der Waals surface area contributed by atoms with E-state index in [0.717, 1.165) is 33.1 Å². The van der Waals surface area contributed by atoms with E-state index in [1.54, 1.807) is 4.68 Å². The van der Waals surface area contributed by atoms with Crippen LogP contribution in [0, 0.1) is 13.8 Å². The van der Waals surface area contributed by atoms with Crippen molar-refractivity contribution in [3.05, 3.63) is 117 Å². The Kier molecular flexibility index (Phi) is 5.44. The van der Waals surface area contributed by atoms with E-state index in [1.165, 1.54) is 16.9 Å². The molecule has 5 rings (SSSR count). The van der Waals surface area contributed by atoms with Crippen LogP contribution in [-0.2, 0) is 7.05 Å². The molecular formula is C27H24N4OS. The molecule has 164 valence electrons. The minimum atomic E-state index is -0.0814. The number of aryl methyl sites for hydroxylation is 1. The van der Waals surface area contributed by atoms with Gasteiger partial charge in [0.15, 0.2) is 4.80 Å². The van der Waals surface area contributed by atoms with Crippen molar-refractivity contribution < 1.29 is 0 Å². The predicted molar refractivity (Wildman–Crippen MR) is 135 cm³/mol. The summed E-state index contributed by atoms with van der Waals surface area (Å²) in [4.78, 5) is 19.5. The molecule has 0 saturated carbocycles. The average molecular weight is 453 g/mol. The second-order valence-electron chi connectivity index (χ2n) is 7.96. The highest BCUT2D eigenvalue weighted by molar-refractivity contribution is 7.07. The van der Waals surface area contributed by atoms with E-state index in [0.29, 0.717) is 5.69 Å². The Labute approximate surface area is 196 Å². The molecule has 6 heteroatoms. The zero-order valence-corrected chi connectivity index (χ0v) is 19.6. The van der Waals surface area contributed by atoms with Gasteiger partial charge in [0.2, 0.25) is 0 Å². The molecule has 0 aliphatic rings. The van der Waals surface area contributed by atoms with E-state index in [-0.39, 0.29) is 5.56 Å². The minimum absolute atomic E-state index is 0.0814. The first-order chi connectivity index (χ1) is 16.0. The van der Waals surface area contributed by atoms with Crippen molar-refractivity contribution in [1.29, 1.82) is 0 Å². The highest BCUT2D eigenvalue weighted by Gasteiger charge is 2.21. The molecule has 33 heavy (non-hydrogen) atoms. The SMILES string of the molecule is Cc1ccc(N=c2scc(-c3ccccc3)n2-c2c(C)n(C)n(-c3ccccc3)c2=O)cc1. The lowest BCUT2D eigenvalue weighted by atomic mass is 10.1. The molecule has 0 atom stereocenters. The van der Waals surface area contributed by atoms with Crippen LogP contribution in [0.25, 0.3) is 22.6 Å². The second-order valence-corrected chi connectivity index (χ2v) is 8.80. The zero-order chi connectivity index (χ0) is 22.9. The van der Waals surface area contributed by atoms with Gasteiger partial charge in [-0.1, -0.05) is 66.2 Å². The fraction of sp³-hybridized carbons (Fsp3) is 0.111. The summed E-state index contributed by atoms with van der Waals surface area (Å²) in [6, 6.07) is 27.9. The quantitative estimate of drug-likeness (QED) is 0.353. The van der Waals surface area contributed by atoms with Gasteiger partial charge in [0.25, 0.3) is 5.56 Å². The number of rotatable bonds is 4. The summed E-state index contributed by atoms with van der Waals surface area (Å²) >= 11 is 1.53. The first-order valence-corrected chi connectivity index (χ1v) is 11.6. The normalized spacial score (nSPS) is 11.8. The van der Waals surface area contributed by atoms with Crippen LogP contribution in [0.4, 0.5) is 5.69 Å². The van der Waals surface area contributed by atoms with Gasteiger partial charge >= 0.3 is 0 Å². The van der Waals surface area contributed by atoms with Crippen molar-refractivity contribution in [3.63, 3.8) is 0 Å². The number of hydrogen-bond donors (Lipinski definition) is 0. The molecule has 0 fully saturated rings. The summed E-state index contributed by atoms with van der Waals surface area (Å²) in [6.45, 7) is 4.03. The van der Waals surface area contributed by atoms with E-state index >= 15 is 0 Å². The number of para-hydroxylation sites is 1. The van der Waals surface area contributed by atoms with Gasteiger partial charge in [-0.15, -0.1) is 11.3 Å². The molecule has 0 radical (unpaired) electrons. The van der Waals surface area contributed by atoms with E-state index in [4.69, 9.17) is 4.99 Å². The van der Waals surface area contributed by atoms with E-state index in [1.807, 2.05) is 96.0 Å². The molecule has 0 aliphatic carbocycles. The molecule has 0 amide bonds. The van der Waals surface area contributed by atoms with Crippen LogP contribution in [0.15, 0.2) is 100 Å². The van der Waals surface area contributed by atoms with Gasteiger partial charge in [-0.3, -0.25) is 14.0 Å². The third-order valence-electron chi connectivity index (χ3n) is 5.78. The van der Waals surface area contributed by atoms with Crippen molar-refractivity contribution >= 4 is 17.0 Å². The van der Waals surface area contributed by atoms with Gasteiger partial charge in [-0.2, -0.15) is 0 Å². The van der Waals surface area contributed by atoms with Gasteiger partial charge in [0.1, 0.15) is 5.69 Å². The Morgan fingerprint density at radius 1 is 0.818 bits per heavy atom. The molecule has 0 aliphatic heterocycles. The molecule has 5 aromatic rings. The number of hydrogen-bond acceptors (Lipinski definition) is 3. The monoisotopic (exact) mass is 452 g/mol. The molecule has 0 unspecified atom stereocenters. The number of aromatic nitrogens is 3. The van der Waals surface area contributed by atoms with Gasteiger partial charge in [-0.25, -0.2) is 9.67 Å². The fourth-order valence-corrected chi connectivity index (χ4v) is 4.87. The van der Waals surface area contributed by atoms with Gasteiger partial charge < -0.3 is 0 Å². The third-order valence-corrected chi connectivity index (χ3v) is 6.61. The van der Waals surface area contributed by atoms with Crippen LogP contribution in [0.2, 0.25) is 0 Å². The molecule has 0 bridgehead atoms. The first-order valence-electron chi connectivity index (χ1n) is 10.8. The van der Waals surface area contributed by atoms with Crippen molar-refractivity contribution in [2.75, 3.05) is 0 Å². The van der Waals surface area contributed by atoms with Crippen LogP contribution >= 0.6 is 11.3 Å². The molecule has 2 aromatic heterocycles. The number of thiazole rings is 1. The summed E-state index contributed by atoms with van der Waals surface area (Å²) in [5.41, 5.74) is 6.23. The Balaban J connectivity index is 1.82. The highest BCUT2D eigenvalue weighted by Crippen LogP contribution is 2.25. The second kappa shape index (κ2) is 8.56. The Bertz CT molecular complexity index is 1540. The molecular weight excluding hydrogens is 428 g/mol. The summed E-state index contributed by atoms with van der Waals surface area (Å²) < 4.78 is 5.61. The fourth-order valence-electron chi connectivity index (χ4n) is 3.96. The van der Waals surface area contributed by atoms with Crippen LogP contribution in [0.1, 0.15) is 11.3 Å². The lowest BCUT2D eigenvalue weighted by molar-refractivity contribution is 0.630.